The van der Waals surface area contributed by atoms with Crippen molar-refractivity contribution in [2.45, 2.75) is 32.7 Å². The molecule has 0 radical (unpaired) electrons. The number of methoxy groups -OCH3 is 1. The molecule has 0 saturated carbocycles. The zero-order chi connectivity index (χ0) is 17.3. The van der Waals surface area contributed by atoms with Crippen LogP contribution >= 0.6 is 0 Å². The van der Waals surface area contributed by atoms with Gasteiger partial charge in [-0.2, -0.15) is 0 Å². The fraction of sp³-hybridized carbons (Fsp3) is 0.444. The van der Waals surface area contributed by atoms with Crippen molar-refractivity contribution in [1.82, 2.24) is 0 Å². The van der Waals surface area contributed by atoms with Crippen LogP contribution in [0.5, 0.6) is 5.75 Å². The third-order valence-electron chi connectivity index (χ3n) is 4.82. The first-order chi connectivity index (χ1) is 11.5. The largest absolute Gasteiger partial charge is 0.507 e. The minimum Gasteiger partial charge on any atom is -0.507 e. The minimum atomic E-state index is -0.548. The number of likely N-dealkylation sites (tertiary alicyclic amines) is 1. The van der Waals surface area contributed by atoms with E-state index in [2.05, 4.69) is 4.74 Å². The number of carbonyl (C=O) groups is 1. The summed E-state index contributed by atoms with van der Waals surface area (Å²) >= 11 is 0. The summed E-state index contributed by atoms with van der Waals surface area (Å²) in [6, 6.07) is 3.36. The Morgan fingerprint density at radius 2 is 2.00 bits per heavy atom. The molecule has 0 aliphatic carbocycles. The van der Waals surface area contributed by atoms with Gasteiger partial charge in [0.25, 0.3) is 0 Å². The second-order valence-corrected chi connectivity index (χ2v) is 6.32. The van der Waals surface area contributed by atoms with Crippen LogP contribution in [0.4, 0.5) is 0 Å². The molecule has 1 fully saturated rings. The zero-order valence-corrected chi connectivity index (χ0v) is 14.0. The number of esters is 1. The number of aryl methyl sites for hydroxylation is 1. The lowest BCUT2D eigenvalue weighted by Crippen LogP contribution is -3.08. The Kier molecular flexibility index (Phi) is 4.57. The van der Waals surface area contributed by atoms with Gasteiger partial charge in [-0.05, 0) is 24.6 Å². The number of rotatable bonds is 4. The first-order valence-electron chi connectivity index (χ1n) is 8.18. The highest BCUT2D eigenvalue weighted by Crippen LogP contribution is 2.29. The molecule has 2 heterocycles. The van der Waals surface area contributed by atoms with Crippen LogP contribution in [0, 0.1) is 6.92 Å². The number of hydrogen-bond acceptors (Lipinski definition) is 5. The minimum absolute atomic E-state index is 0.117. The molecule has 1 saturated heterocycles. The summed E-state index contributed by atoms with van der Waals surface area (Å²) in [5.41, 5.74) is 1.54. The monoisotopic (exact) mass is 332 g/mol. The van der Waals surface area contributed by atoms with Crippen LogP contribution in [0.1, 0.15) is 29.5 Å². The second-order valence-electron chi connectivity index (χ2n) is 6.32. The van der Waals surface area contributed by atoms with Crippen molar-refractivity contribution in [2.75, 3.05) is 20.2 Å². The molecule has 1 aromatic carbocycles. The Morgan fingerprint density at radius 1 is 1.29 bits per heavy atom. The SMILES string of the molecule is COC(=O)Cc1c(C)c2ccc(O)c(C[NH+]3CCCC3)c2oc1=O. The van der Waals surface area contributed by atoms with Gasteiger partial charge in [0, 0.05) is 18.2 Å². The summed E-state index contributed by atoms with van der Waals surface area (Å²) < 4.78 is 10.1. The second kappa shape index (κ2) is 6.65. The number of quaternary nitrogens is 1. The Hall–Kier alpha value is -2.34. The first-order valence-corrected chi connectivity index (χ1v) is 8.18. The first kappa shape index (κ1) is 16.5. The molecule has 128 valence electrons. The van der Waals surface area contributed by atoms with Crippen LogP contribution < -0.4 is 10.5 Å². The number of nitrogens with one attached hydrogen (secondary N) is 1. The molecule has 0 bridgehead atoms. The number of hydrogen-bond donors (Lipinski definition) is 2. The van der Waals surface area contributed by atoms with E-state index in [9.17, 15) is 14.7 Å². The van der Waals surface area contributed by atoms with Gasteiger partial charge in [-0.3, -0.25) is 4.79 Å². The van der Waals surface area contributed by atoms with Crippen LogP contribution in [0.3, 0.4) is 0 Å². The summed E-state index contributed by atoms with van der Waals surface area (Å²) in [7, 11) is 1.29. The maximum Gasteiger partial charge on any atom is 0.340 e. The maximum absolute atomic E-state index is 12.3. The van der Waals surface area contributed by atoms with Gasteiger partial charge in [0.1, 0.15) is 12.3 Å². The summed E-state index contributed by atoms with van der Waals surface area (Å²) in [6.45, 7) is 4.53. The Bertz CT molecular complexity index is 833. The van der Waals surface area contributed by atoms with Crippen LogP contribution in [-0.2, 0) is 22.5 Å². The van der Waals surface area contributed by atoms with Gasteiger partial charge in [0.05, 0.1) is 37.7 Å². The number of benzene rings is 1. The summed E-state index contributed by atoms with van der Waals surface area (Å²) in [5.74, 6) is -0.338. The topological polar surface area (TPSA) is 81.2 Å². The molecule has 2 N–H and O–H groups in total. The van der Waals surface area contributed by atoms with Gasteiger partial charge in [0.2, 0.25) is 0 Å². The molecule has 0 spiro atoms. The number of fused-ring (bicyclic) bond motifs is 1. The van der Waals surface area contributed by atoms with Gasteiger partial charge in [0.15, 0.2) is 5.58 Å². The number of carbonyl (C=O) groups excluding carboxylic acids is 1. The highest BCUT2D eigenvalue weighted by Gasteiger charge is 2.23. The standard InChI is InChI=1S/C18H21NO5/c1-11-12-5-6-15(20)14(10-19-7-3-4-8-19)17(12)24-18(22)13(11)9-16(21)23-2/h5-6,20H,3-4,7-10H2,1-2H3/p+1. The van der Waals surface area contributed by atoms with Gasteiger partial charge < -0.3 is 19.2 Å². The molecule has 6 heteroatoms. The van der Waals surface area contributed by atoms with Crippen molar-refractivity contribution in [1.29, 1.82) is 0 Å². The molecule has 1 aliphatic heterocycles. The molecular formula is C18H22NO5+. The van der Waals surface area contributed by atoms with E-state index in [-0.39, 0.29) is 12.2 Å². The van der Waals surface area contributed by atoms with E-state index in [0.29, 0.717) is 28.8 Å². The number of aromatic hydroxyl groups is 1. The number of ether oxygens (including phenoxy) is 1. The quantitative estimate of drug-likeness (QED) is 0.636. The Labute approximate surface area is 139 Å². The van der Waals surface area contributed by atoms with Gasteiger partial charge in [-0.15, -0.1) is 0 Å². The third kappa shape index (κ3) is 3.01. The summed E-state index contributed by atoms with van der Waals surface area (Å²) in [4.78, 5) is 25.2. The molecule has 0 unspecified atom stereocenters. The maximum atomic E-state index is 12.3. The van der Waals surface area contributed by atoms with Gasteiger partial charge >= 0.3 is 11.6 Å². The van der Waals surface area contributed by atoms with Gasteiger partial charge in [-0.1, -0.05) is 0 Å². The van der Waals surface area contributed by atoms with E-state index in [4.69, 9.17) is 4.42 Å². The van der Waals surface area contributed by atoms with Crippen LogP contribution in [0.25, 0.3) is 11.0 Å². The highest BCUT2D eigenvalue weighted by atomic mass is 16.5. The van der Waals surface area contributed by atoms with E-state index in [0.717, 1.165) is 18.5 Å². The summed E-state index contributed by atoms with van der Waals surface area (Å²) in [5, 5.41) is 11.0. The lowest BCUT2D eigenvalue weighted by Gasteiger charge is -2.15. The molecular weight excluding hydrogens is 310 g/mol. The Balaban J connectivity index is 2.11. The van der Waals surface area contributed by atoms with Crippen LogP contribution in [-0.4, -0.2) is 31.3 Å². The normalized spacial score (nSPS) is 15.1. The van der Waals surface area contributed by atoms with E-state index in [1.807, 2.05) is 0 Å². The van der Waals surface area contributed by atoms with Crippen molar-refractivity contribution < 1.29 is 24.0 Å². The van der Waals surface area contributed by atoms with E-state index in [1.165, 1.54) is 24.9 Å². The average molecular weight is 332 g/mol. The molecule has 2 aromatic rings. The van der Waals surface area contributed by atoms with E-state index < -0.39 is 11.6 Å². The predicted molar refractivity (Wildman–Crippen MR) is 88.2 cm³/mol. The van der Waals surface area contributed by atoms with Crippen molar-refractivity contribution >= 4 is 16.9 Å². The van der Waals surface area contributed by atoms with Crippen molar-refractivity contribution in [3.05, 3.63) is 39.2 Å². The van der Waals surface area contributed by atoms with Gasteiger partial charge in [-0.25, -0.2) is 4.79 Å². The summed E-state index contributed by atoms with van der Waals surface area (Å²) in [6.07, 6.45) is 2.23. The molecule has 3 rings (SSSR count). The number of phenols is 1. The number of phenolic OH excluding ortho intramolecular Hbond substituents is 1. The van der Waals surface area contributed by atoms with Crippen LogP contribution in [0.2, 0.25) is 0 Å². The average Bonchev–Trinajstić information content (AvgIpc) is 3.07. The molecule has 0 amide bonds. The fourth-order valence-corrected chi connectivity index (χ4v) is 3.39. The highest BCUT2D eigenvalue weighted by molar-refractivity contribution is 5.86. The van der Waals surface area contributed by atoms with Crippen molar-refractivity contribution in [3.63, 3.8) is 0 Å². The molecule has 6 nitrogen and oxygen atoms in total. The predicted octanol–water partition coefficient (Wildman–Crippen LogP) is 0.701. The van der Waals surface area contributed by atoms with Crippen molar-refractivity contribution in [3.8, 4) is 5.75 Å². The smallest absolute Gasteiger partial charge is 0.340 e. The van der Waals surface area contributed by atoms with Crippen molar-refractivity contribution in [2.24, 2.45) is 0 Å². The molecule has 1 aliphatic rings. The van der Waals surface area contributed by atoms with Crippen LogP contribution in [0.15, 0.2) is 21.3 Å². The fourth-order valence-electron chi connectivity index (χ4n) is 3.39. The lowest BCUT2D eigenvalue weighted by molar-refractivity contribution is -0.901. The molecule has 1 aromatic heterocycles. The van der Waals surface area contributed by atoms with E-state index >= 15 is 0 Å². The third-order valence-corrected chi connectivity index (χ3v) is 4.82. The van der Waals surface area contributed by atoms with E-state index in [1.54, 1.807) is 19.1 Å². The zero-order valence-electron chi connectivity index (χ0n) is 14.0. The Morgan fingerprint density at radius 3 is 2.67 bits per heavy atom. The lowest BCUT2D eigenvalue weighted by atomic mass is 10.0. The molecule has 0 atom stereocenters. The molecule has 24 heavy (non-hydrogen) atoms.